The van der Waals surface area contributed by atoms with Gasteiger partial charge in [-0.2, -0.15) is 0 Å². The lowest BCUT2D eigenvalue weighted by molar-refractivity contribution is 0.168. The van der Waals surface area contributed by atoms with Gasteiger partial charge in [0.05, 0.1) is 5.69 Å². The first-order valence-corrected chi connectivity index (χ1v) is 8.91. The first-order chi connectivity index (χ1) is 11.6. The molecule has 1 aromatic heterocycles. The molecule has 2 rings (SSSR count). The molecule has 8 heteroatoms. The third kappa shape index (κ3) is 7.10. The van der Waals surface area contributed by atoms with Crippen LogP contribution >= 0.6 is 24.0 Å². The molecular formula is C17H33IN6O. The maximum atomic E-state index is 4.90. The smallest absolute Gasteiger partial charge is 0.193 e. The quantitative estimate of drug-likeness (QED) is 0.377. The summed E-state index contributed by atoms with van der Waals surface area (Å²) in [4.78, 5) is 11.6. The predicted octanol–water partition coefficient (Wildman–Crippen LogP) is 1.72. The lowest BCUT2D eigenvalue weighted by Crippen LogP contribution is -2.53. The predicted molar refractivity (Wildman–Crippen MR) is 113 cm³/mol. The Bertz CT molecular complexity index is 487. The normalized spacial score (nSPS) is 17.5. The summed E-state index contributed by atoms with van der Waals surface area (Å²) in [6.45, 7) is 11.3. The van der Waals surface area contributed by atoms with E-state index >= 15 is 0 Å². The number of hydrogen-bond acceptors (Lipinski definition) is 5. The van der Waals surface area contributed by atoms with Crippen molar-refractivity contribution in [2.24, 2.45) is 4.99 Å². The van der Waals surface area contributed by atoms with E-state index in [1.807, 2.05) is 13.1 Å². The average molecular weight is 464 g/mol. The van der Waals surface area contributed by atoms with Crippen LogP contribution in [0.5, 0.6) is 0 Å². The number of likely N-dealkylation sites (N-methyl/N-ethyl adjacent to an activating group) is 1. The number of halogens is 1. The highest BCUT2D eigenvalue weighted by Crippen LogP contribution is 2.07. The van der Waals surface area contributed by atoms with Gasteiger partial charge in [0, 0.05) is 65.0 Å². The summed E-state index contributed by atoms with van der Waals surface area (Å²) in [5.41, 5.74) is 0.999. The molecule has 0 aliphatic carbocycles. The summed E-state index contributed by atoms with van der Waals surface area (Å²) in [7, 11) is 4.05. The van der Waals surface area contributed by atoms with E-state index in [1.165, 1.54) is 6.42 Å². The molecule has 7 nitrogen and oxygen atoms in total. The summed E-state index contributed by atoms with van der Waals surface area (Å²) in [5, 5.41) is 7.49. The molecule has 1 saturated heterocycles. The maximum absolute atomic E-state index is 4.90. The highest BCUT2D eigenvalue weighted by atomic mass is 127. The van der Waals surface area contributed by atoms with E-state index in [1.54, 1.807) is 6.26 Å². The summed E-state index contributed by atoms with van der Waals surface area (Å²) in [6, 6.07) is 2.55. The highest BCUT2D eigenvalue weighted by molar-refractivity contribution is 14.0. The molecular weight excluding hydrogens is 431 g/mol. The van der Waals surface area contributed by atoms with Crippen LogP contribution < -0.4 is 5.32 Å². The molecule has 144 valence electrons. The van der Waals surface area contributed by atoms with E-state index in [4.69, 9.17) is 4.52 Å². The minimum Gasteiger partial charge on any atom is -0.364 e. The van der Waals surface area contributed by atoms with Gasteiger partial charge in [0.15, 0.2) is 5.96 Å². The molecule has 0 bridgehead atoms. The van der Waals surface area contributed by atoms with E-state index in [-0.39, 0.29) is 24.0 Å². The third-order valence-electron chi connectivity index (χ3n) is 4.85. The van der Waals surface area contributed by atoms with Crippen molar-refractivity contribution >= 4 is 29.9 Å². The van der Waals surface area contributed by atoms with Crippen molar-refractivity contribution in [3.8, 4) is 0 Å². The zero-order chi connectivity index (χ0) is 17.4. The summed E-state index contributed by atoms with van der Waals surface area (Å²) in [5.74, 6) is 1.01. The molecule has 1 aromatic rings. The molecule has 0 saturated carbocycles. The zero-order valence-electron chi connectivity index (χ0n) is 15.9. The average Bonchev–Trinajstić information content (AvgIpc) is 3.11. The van der Waals surface area contributed by atoms with E-state index in [0.717, 1.165) is 57.5 Å². The second-order valence-corrected chi connectivity index (χ2v) is 6.47. The SMILES string of the molecule is CCC(C)N(C)CCNC(=NC)N1CCN(Cc2ccon2)CC1.I. The van der Waals surface area contributed by atoms with E-state index in [2.05, 4.69) is 51.1 Å². The first kappa shape index (κ1) is 22.2. The van der Waals surface area contributed by atoms with Gasteiger partial charge in [-0.25, -0.2) is 0 Å². The van der Waals surface area contributed by atoms with Crippen molar-refractivity contribution in [3.05, 3.63) is 18.0 Å². The molecule has 25 heavy (non-hydrogen) atoms. The van der Waals surface area contributed by atoms with Crippen molar-refractivity contribution in [2.75, 3.05) is 53.4 Å². The van der Waals surface area contributed by atoms with Crippen LogP contribution in [0, 0.1) is 0 Å². The maximum Gasteiger partial charge on any atom is 0.193 e. The summed E-state index contributed by atoms with van der Waals surface area (Å²) < 4.78 is 4.90. The molecule has 0 aromatic carbocycles. The Morgan fingerprint density at radius 1 is 1.40 bits per heavy atom. The third-order valence-corrected chi connectivity index (χ3v) is 4.85. The van der Waals surface area contributed by atoms with Gasteiger partial charge in [0.25, 0.3) is 0 Å². The molecule has 1 N–H and O–H groups in total. The standard InChI is InChI=1S/C17H32N6O.HI/c1-5-15(2)21(4)8-7-19-17(18-3)23-11-9-22(10-12-23)14-16-6-13-24-20-16;/h6,13,15H,5,7-12,14H2,1-4H3,(H,18,19);1H. The second kappa shape index (κ2) is 11.7. The molecule has 1 unspecified atom stereocenters. The minimum absolute atomic E-state index is 0. The minimum atomic E-state index is 0. The number of aromatic nitrogens is 1. The number of piperazine rings is 1. The van der Waals surface area contributed by atoms with Crippen molar-refractivity contribution in [1.29, 1.82) is 0 Å². The van der Waals surface area contributed by atoms with Gasteiger partial charge in [-0.1, -0.05) is 12.1 Å². The van der Waals surface area contributed by atoms with Crippen LogP contribution in [0.15, 0.2) is 21.8 Å². The zero-order valence-corrected chi connectivity index (χ0v) is 18.3. The lowest BCUT2D eigenvalue weighted by Gasteiger charge is -2.36. The van der Waals surface area contributed by atoms with Crippen LogP contribution in [0.1, 0.15) is 26.0 Å². The van der Waals surface area contributed by atoms with Crippen LogP contribution in [0.25, 0.3) is 0 Å². The van der Waals surface area contributed by atoms with Gasteiger partial charge >= 0.3 is 0 Å². The Hall–Kier alpha value is -0.870. The van der Waals surface area contributed by atoms with Crippen LogP contribution in [-0.4, -0.2) is 85.2 Å². The molecule has 2 heterocycles. The molecule has 0 spiro atoms. The lowest BCUT2D eigenvalue weighted by atomic mass is 10.2. The topological polar surface area (TPSA) is 60.1 Å². The Kier molecular flexibility index (Phi) is 10.4. The van der Waals surface area contributed by atoms with E-state index < -0.39 is 0 Å². The monoisotopic (exact) mass is 464 g/mol. The number of hydrogen-bond donors (Lipinski definition) is 1. The molecule has 1 aliphatic heterocycles. The molecule has 0 amide bonds. The van der Waals surface area contributed by atoms with Crippen molar-refractivity contribution < 1.29 is 4.52 Å². The largest absolute Gasteiger partial charge is 0.364 e. The molecule has 1 fully saturated rings. The van der Waals surface area contributed by atoms with Gasteiger partial charge in [-0.15, -0.1) is 24.0 Å². The van der Waals surface area contributed by atoms with E-state index in [0.29, 0.717) is 6.04 Å². The van der Waals surface area contributed by atoms with Crippen LogP contribution in [0.3, 0.4) is 0 Å². The first-order valence-electron chi connectivity index (χ1n) is 8.91. The second-order valence-electron chi connectivity index (χ2n) is 6.47. The molecule has 1 atom stereocenters. The van der Waals surface area contributed by atoms with Crippen LogP contribution in [-0.2, 0) is 6.54 Å². The van der Waals surface area contributed by atoms with Crippen molar-refractivity contribution in [2.45, 2.75) is 32.9 Å². The van der Waals surface area contributed by atoms with Crippen LogP contribution in [0.4, 0.5) is 0 Å². The molecule has 0 radical (unpaired) electrons. The Morgan fingerprint density at radius 3 is 2.68 bits per heavy atom. The summed E-state index contributed by atoms with van der Waals surface area (Å²) >= 11 is 0. The van der Waals surface area contributed by atoms with Gasteiger partial charge in [-0.3, -0.25) is 9.89 Å². The van der Waals surface area contributed by atoms with Gasteiger partial charge < -0.3 is 19.6 Å². The van der Waals surface area contributed by atoms with Gasteiger partial charge in [-0.05, 0) is 20.4 Å². The number of rotatable bonds is 7. The molecule has 1 aliphatic rings. The Labute approximate surface area is 168 Å². The highest BCUT2D eigenvalue weighted by Gasteiger charge is 2.20. The Morgan fingerprint density at radius 2 is 2.12 bits per heavy atom. The number of nitrogens with zero attached hydrogens (tertiary/aromatic N) is 5. The van der Waals surface area contributed by atoms with Gasteiger partial charge in [0.1, 0.15) is 6.26 Å². The van der Waals surface area contributed by atoms with E-state index in [9.17, 15) is 0 Å². The number of nitrogens with one attached hydrogen (secondary N) is 1. The van der Waals surface area contributed by atoms with Crippen molar-refractivity contribution in [3.63, 3.8) is 0 Å². The fourth-order valence-electron chi connectivity index (χ4n) is 2.87. The van der Waals surface area contributed by atoms with Crippen molar-refractivity contribution in [1.82, 2.24) is 25.2 Å². The van der Waals surface area contributed by atoms with Gasteiger partial charge in [0.2, 0.25) is 0 Å². The Balaban J connectivity index is 0.00000312. The number of guanidine groups is 1. The fraction of sp³-hybridized carbons (Fsp3) is 0.765. The summed E-state index contributed by atoms with van der Waals surface area (Å²) in [6.07, 6.45) is 2.81. The van der Waals surface area contributed by atoms with Crippen LogP contribution in [0.2, 0.25) is 0 Å². The number of aliphatic imine (C=N–C) groups is 1. The fourth-order valence-corrected chi connectivity index (χ4v) is 2.87.